The number of rotatable bonds is 0. The van der Waals surface area contributed by atoms with E-state index in [1.54, 1.807) is 6.92 Å². The molecule has 1 heterocycles. The SMILES string of the molecule is C=C1C(C)=Nc2cc(F)c(F)cc21. The Bertz CT molecular complexity index is 433. The molecule has 0 aliphatic carbocycles. The van der Waals surface area contributed by atoms with Gasteiger partial charge in [-0.2, -0.15) is 0 Å². The van der Waals surface area contributed by atoms with Gasteiger partial charge in [0.05, 0.1) is 5.69 Å². The highest BCUT2D eigenvalue weighted by molar-refractivity contribution is 6.27. The summed E-state index contributed by atoms with van der Waals surface area (Å²) < 4.78 is 25.6. The molecule has 66 valence electrons. The first-order valence-corrected chi connectivity index (χ1v) is 3.83. The van der Waals surface area contributed by atoms with Crippen molar-refractivity contribution < 1.29 is 8.78 Å². The Labute approximate surface area is 74.4 Å². The zero-order chi connectivity index (χ0) is 9.59. The minimum absolute atomic E-state index is 0.460. The van der Waals surface area contributed by atoms with Crippen molar-refractivity contribution in [2.24, 2.45) is 4.99 Å². The van der Waals surface area contributed by atoms with E-state index in [1.807, 2.05) is 0 Å². The van der Waals surface area contributed by atoms with Gasteiger partial charge in [-0.05, 0) is 18.6 Å². The summed E-state index contributed by atoms with van der Waals surface area (Å²) in [6.07, 6.45) is 0. The molecule has 3 heteroatoms. The average Bonchev–Trinajstić information content (AvgIpc) is 2.32. The fourth-order valence-electron chi connectivity index (χ4n) is 1.31. The Balaban J connectivity index is 2.68. The minimum Gasteiger partial charge on any atom is -0.252 e. The maximum absolute atomic E-state index is 12.8. The van der Waals surface area contributed by atoms with Crippen LogP contribution in [0.15, 0.2) is 23.7 Å². The van der Waals surface area contributed by atoms with Crippen LogP contribution in [0.2, 0.25) is 0 Å². The Hall–Kier alpha value is -1.51. The molecule has 0 saturated heterocycles. The zero-order valence-corrected chi connectivity index (χ0v) is 7.06. The standard InChI is InChI=1S/C10H7F2N/c1-5-6(2)13-10-4-9(12)8(11)3-7(5)10/h3-4H,1H2,2H3. The molecule has 13 heavy (non-hydrogen) atoms. The smallest absolute Gasteiger partial charge is 0.161 e. The molecule has 0 spiro atoms. The second-order valence-corrected chi connectivity index (χ2v) is 2.96. The lowest BCUT2D eigenvalue weighted by Crippen LogP contribution is -1.89. The van der Waals surface area contributed by atoms with Crippen LogP contribution in [0.5, 0.6) is 0 Å². The maximum Gasteiger partial charge on any atom is 0.161 e. The molecule has 0 atom stereocenters. The molecule has 1 aromatic carbocycles. The normalized spacial score (nSPS) is 14.4. The Morgan fingerprint density at radius 2 is 1.85 bits per heavy atom. The van der Waals surface area contributed by atoms with Gasteiger partial charge in [-0.1, -0.05) is 6.58 Å². The summed E-state index contributed by atoms with van der Waals surface area (Å²) in [6.45, 7) is 5.49. The molecule has 0 unspecified atom stereocenters. The quantitative estimate of drug-likeness (QED) is 0.580. The van der Waals surface area contributed by atoms with Crippen molar-refractivity contribution in [2.75, 3.05) is 0 Å². The fraction of sp³-hybridized carbons (Fsp3) is 0.100. The van der Waals surface area contributed by atoms with Crippen molar-refractivity contribution in [3.05, 3.63) is 35.9 Å². The zero-order valence-electron chi connectivity index (χ0n) is 7.06. The molecule has 0 N–H and O–H groups in total. The largest absolute Gasteiger partial charge is 0.252 e. The van der Waals surface area contributed by atoms with Gasteiger partial charge in [0.2, 0.25) is 0 Å². The van der Waals surface area contributed by atoms with Gasteiger partial charge in [0.25, 0.3) is 0 Å². The highest BCUT2D eigenvalue weighted by atomic mass is 19.2. The van der Waals surface area contributed by atoms with E-state index in [-0.39, 0.29) is 0 Å². The molecule has 0 bridgehead atoms. The third kappa shape index (κ3) is 1.08. The first-order valence-electron chi connectivity index (χ1n) is 3.83. The van der Waals surface area contributed by atoms with Crippen LogP contribution in [0.3, 0.4) is 0 Å². The molecular formula is C10H7F2N. The molecule has 1 aliphatic heterocycles. The number of benzene rings is 1. The lowest BCUT2D eigenvalue weighted by Gasteiger charge is -1.99. The van der Waals surface area contributed by atoms with Gasteiger partial charge < -0.3 is 0 Å². The second kappa shape index (κ2) is 2.49. The van der Waals surface area contributed by atoms with Crippen LogP contribution in [-0.4, -0.2) is 5.71 Å². The predicted octanol–water partition coefficient (Wildman–Crippen LogP) is 3.08. The Morgan fingerprint density at radius 1 is 1.23 bits per heavy atom. The van der Waals surface area contributed by atoms with E-state index in [0.29, 0.717) is 22.5 Å². The van der Waals surface area contributed by atoms with E-state index in [2.05, 4.69) is 11.6 Å². The molecule has 1 nitrogen and oxygen atoms in total. The average molecular weight is 179 g/mol. The van der Waals surface area contributed by atoms with Crippen LogP contribution in [0, 0.1) is 11.6 Å². The predicted molar refractivity (Wildman–Crippen MR) is 48.2 cm³/mol. The van der Waals surface area contributed by atoms with Crippen LogP contribution < -0.4 is 0 Å². The third-order valence-corrected chi connectivity index (χ3v) is 2.09. The molecule has 0 amide bonds. The van der Waals surface area contributed by atoms with Crippen molar-refractivity contribution in [1.29, 1.82) is 0 Å². The monoisotopic (exact) mass is 179 g/mol. The van der Waals surface area contributed by atoms with Crippen molar-refractivity contribution >= 4 is 17.0 Å². The number of hydrogen-bond donors (Lipinski definition) is 0. The summed E-state index contributed by atoms with van der Waals surface area (Å²) in [5.41, 5.74) is 2.41. The molecule has 0 fully saturated rings. The van der Waals surface area contributed by atoms with Gasteiger partial charge in [0.1, 0.15) is 0 Å². The molecule has 1 aromatic rings. The summed E-state index contributed by atoms with van der Waals surface area (Å²) in [7, 11) is 0. The maximum atomic E-state index is 12.8. The Kier molecular flexibility index (Phi) is 1.55. The Morgan fingerprint density at radius 3 is 2.54 bits per heavy atom. The van der Waals surface area contributed by atoms with Gasteiger partial charge >= 0.3 is 0 Å². The molecule has 0 radical (unpaired) electrons. The van der Waals surface area contributed by atoms with Crippen LogP contribution >= 0.6 is 0 Å². The number of hydrogen-bond acceptors (Lipinski definition) is 1. The van der Waals surface area contributed by atoms with Crippen LogP contribution in [-0.2, 0) is 0 Å². The first-order chi connectivity index (χ1) is 6.09. The van der Waals surface area contributed by atoms with E-state index >= 15 is 0 Å². The molecule has 0 saturated carbocycles. The summed E-state index contributed by atoms with van der Waals surface area (Å²) in [4.78, 5) is 4.05. The molecular weight excluding hydrogens is 172 g/mol. The first kappa shape index (κ1) is 8.10. The van der Waals surface area contributed by atoms with E-state index in [0.717, 1.165) is 12.1 Å². The van der Waals surface area contributed by atoms with Crippen LogP contribution in [0.1, 0.15) is 12.5 Å². The highest BCUT2D eigenvalue weighted by Crippen LogP contribution is 2.34. The van der Waals surface area contributed by atoms with E-state index in [4.69, 9.17) is 0 Å². The summed E-state index contributed by atoms with van der Waals surface area (Å²) in [6, 6.07) is 2.22. The summed E-state index contributed by atoms with van der Waals surface area (Å²) in [5, 5.41) is 0. The van der Waals surface area contributed by atoms with E-state index in [9.17, 15) is 8.78 Å². The van der Waals surface area contributed by atoms with Gasteiger partial charge in [0, 0.05) is 17.3 Å². The van der Waals surface area contributed by atoms with Crippen molar-refractivity contribution in [3.63, 3.8) is 0 Å². The van der Waals surface area contributed by atoms with Crippen molar-refractivity contribution in [2.45, 2.75) is 6.92 Å². The van der Waals surface area contributed by atoms with Gasteiger partial charge in [0.15, 0.2) is 11.6 Å². The van der Waals surface area contributed by atoms with Crippen LogP contribution in [0.25, 0.3) is 5.57 Å². The molecule has 0 aromatic heterocycles. The fourth-order valence-corrected chi connectivity index (χ4v) is 1.31. The number of nitrogens with zero attached hydrogens (tertiary/aromatic N) is 1. The second-order valence-electron chi connectivity index (χ2n) is 2.96. The lowest BCUT2D eigenvalue weighted by atomic mass is 10.1. The number of halogens is 2. The van der Waals surface area contributed by atoms with E-state index < -0.39 is 11.6 Å². The number of allylic oxidation sites excluding steroid dienone is 1. The molecule has 1 aliphatic rings. The van der Waals surface area contributed by atoms with Crippen LogP contribution in [0.4, 0.5) is 14.5 Å². The lowest BCUT2D eigenvalue weighted by molar-refractivity contribution is 0.509. The topological polar surface area (TPSA) is 12.4 Å². The van der Waals surface area contributed by atoms with Gasteiger partial charge in [-0.25, -0.2) is 8.78 Å². The summed E-state index contributed by atoms with van der Waals surface area (Å²) >= 11 is 0. The van der Waals surface area contributed by atoms with Crippen molar-refractivity contribution in [1.82, 2.24) is 0 Å². The van der Waals surface area contributed by atoms with Crippen molar-refractivity contribution in [3.8, 4) is 0 Å². The number of aliphatic imine (C=N–C) groups is 1. The third-order valence-electron chi connectivity index (χ3n) is 2.09. The minimum atomic E-state index is -0.870. The van der Waals surface area contributed by atoms with E-state index in [1.165, 1.54) is 0 Å². The highest BCUT2D eigenvalue weighted by Gasteiger charge is 2.18. The van der Waals surface area contributed by atoms with Gasteiger partial charge in [-0.3, -0.25) is 4.99 Å². The summed E-state index contributed by atoms with van der Waals surface area (Å²) in [5.74, 6) is -1.73. The molecule has 2 rings (SSSR count). The number of fused-ring (bicyclic) bond motifs is 1. The van der Waals surface area contributed by atoms with Gasteiger partial charge in [-0.15, -0.1) is 0 Å².